The fraction of sp³-hybridized carbons (Fsp3) is 0.250. The average molecular weight is 412 g/mol. The number of carboxylic acid groups (broad SMARTS) is 1. The van der Waals surface area contributed by atoms with Gasteiger partial charge in [0.2, 0.25) is 0 Å². The molecular weight excluding hydrogens is 395 g/mol. The number of hydrogen-bond donors (Lipinski definition) is 2. The molecule has 0 spiro atoms. The summed E-state index contributed by atoms with van der Waals surface area (Å²) in [6, 6.07) is 2.89. The number of amidine groups is 1. The molecule has 0 bridgehead atoms. The van der Waals surface area contributed by atoms with E-state index in [4.69, 9.17) is 19.6 Å². The van der Waals surface area contributed by atoms with Gasteiger partial charge in [0.15, 0.2) is 23.3 Å². The third kappa shape index (κ3) is 2.79. The molecule has 0 radical (unpaired) electrons. The normalized spacial score (nSPS) is 18.9. The number of ether oxygens (including phenoxy) is 2. The minimum Gasteiger partial charge on any atom is -0.493 e. The van der Waals surface area contributed by atoms with Gasteiger partial charge in [0.05, 0.1) is 11.3 Å². The van der Waals surface area contributed by atoms with Crippen molar-refractivity contribution in [2.24, 2.45) is 4.99 Å². The van der Waals surface area contributed by atoms with Crippen molar-refractivity contribution in [3.05, 3.63) is 58.6 Å². The van der Waals surface area contributed by atoms with E-state index in [0.29, 0.717) is 35.6 Å². The third-order valence-electron chi connectivity index (χ3n) is 5.15. The van der Waals surface area contributed by atoms with Crippen LogP contribution in [0.15, 0.2) is 56.6 Å². The predicted octanol–water partition coefficient (Wildman–Crippen LogP) is 2.51. The zero-order chi connectivity index (χ0) is 21.0. The molecule has 1 atom stereocenters. The van der Waals surface area contributed by atoms with Gasteiger partial charge in [0.1, 0.15) is 24.2 Å². The summed E-state index contributed by atoms with van der Waals surface area (Å²) < 4.78 is 30.8. The summed E-state index contributed by atoms with van der Waals surface area (Å²) in [5, 5.41) is 9.18. The lowest BCUT2D eigenvalue weighted by molar-refractivity contribution is -0.146. The maximum Gasteiger partial charge on any atom is 0.344 e. The zero-order valence-corrected chi connectivity index (χ0v) is 15.9. The molecule has 0 aliphatic carbocycles. The van der Waals surface area contributed by atoms with Crippen molar-refractivity contribution in [2.45, 2.75) is 19.4 Å². The minimum absolute atomic E-state index is 0.00522. The predicted molar refractivity (Wildman–Crippen MR) is 104 cm³/mol. The van der Waals surface area contributed by atoms with Gasteiger partial charge < -0.3 is 29.6 Å². The van der Waals surface area contributed by atoms with Crippen LogP contribution in [0, 0.1) is 5.82 Å². The van der Waals surface area contributed by atoms with Crippen LogP contribution in [-0.4, -0.2) is 46.1 Å². The van der Waals surface area contributed by atoms with Gasteiger partial charge in [0.25, 0.3) is 6.01 Å². The van der Waals surface area contributed by atoms with Gasteiger partial charge in [-0.25, -0.2) is 14.2 Å². The van der Waals surface area contributed by atoms with Crippen molar-refractivity contribution in [1.82, 2.24) is 9.88 Å². The lowest BCUT2D eigenvalue weighted by Gasteiger charge is -2.29. The van der Waals surface area contributed by atoms with Crippen LogP contribution in [-0.2, 0) is 14.3 Å². The van der Waals surface area contributed by atoms with Crippen molar-refractivity contribution in [3.63, 3.8) is 0 Å². The number of rotatable bonds is 4. The Kier molecular flexibility index (Phi) is 4.02. The van der Waals surface area contributed by atoms with E-state index in [2.05, 4.69) is 9.98 Å². The molecule has 0 saturated carbocycles. The van der Waals surface area contributed by atoms with E-state index in [0.717, 1.165) is 17.7 Å². The van der Waals surface area contributed by atoms with E-state index in [9.17, 15) is 14.3 Å². The van der Waals surface area contributed by atoms with E-state index in [1.54, 1.807) is 12.3 Å². The first-order valence-corrected chi connectivity index (χ1v) is 9.28. The molecule has 1 aromatic carbocycles. The molecule has 4 heterocycles. The minimum atomic E-state index is -1.09. The highest BCUT2D eigenvalue weighted by Crippen LogP contribution is 2.39. The number of nitrogens with zero attached hydrogens (tertiary/aromatic N) is 3. The van der Waals surface area contributed by atoms with Crippen molar-refractivity contribution < 1.29 is 28.2 Å². The fourth-order valence-corrected chi connectivity index (χ4v) is 3.77. The van der Waals surface area contributed by atoms with Crippen LogP contribution >= 0.6 is 0 Å². The number of carboxylic acids is 1. The average Bonchev–Trinajstić information content (AvgIpc) is 3.25. The number of fused-ring (bicyclic) bond motifs is 1. The van der Waals surface area contributed by atoms with Crippen molar-refractivity contribution in [3.8, 4) is 0 Å². The summed E-state index contributed by atoms with van der Waals surface area (Å²) in [7, 11) is 0. The third-order valence-corrected chi connectivity index (χ3v) is 5.15. The van der Waals surface area contributed by atoms with Gasteiger partial charge in [0, 0.05) is 18.3 Å². The highest BCUT2D eigenvalue weighted by molar-refractivity contribution is 6.04. The van der Waals surface area contributed by atoms with Crippen LogP contribution in [0.4, 0.5) is 10.4 Å². The highest BCUT2D eigenvalue weighted by atomic mass is 19.1. The second kappa shape index (κ2) is 6.61. The summed E-state index contributed by atoms with van der Waals surface area (Å²) in [6.45, 7) is 2.40. The Morgan fingerprint density at radius 2 is 2.27 bits per heavy atom. The van der Waals surface area contributed by atoms with Crippen LogP contribution in [0.25, 0.3) is 11.1 Å². The maximum absolute atomic E-state index is 14.5. The number of halogens is 1. The molecule has 30 heavy (non-hydrogen) atoms. The number of aliphatic imine (C=N–C) groups is 1. The Balaban J connectivity index is 1.59. The second-order valence-electron chi connectivity index (χ2n) is 7.10. The SMILES string of the molecule is CC(OC1=COCC2=C3C1=CN=C(c1cc(F)c4oc(N)nc4c1)N3CC2)C(=O)O. The summed E-state index contributed by atoms with van der Waals surface area (Å²) in [5.74, 6) is -0.843. The van der Waals surface area contributed by atoms with E-state index < -0.39 is 17.9 Å². The zero-order valence-electron chi connectivity index (χ0n) is 15.9. The largest absolute Gasteiger partial charge is 0.493 e. The summed E-state index contributed by atoms with van der Waals surface area (Å²) >= 11 is 0. The van der Waals surface area contributed by atoms with E-state index in [1.165, 1.54) is 19.3 Å². The number of aliphatic carboxylic acids is 1. The molecule has 9 nitrogen and oxygen atoms in total. The number of nitrogens with two attached hydrogens (primary N) is 1. The number of anilines is 1. The highest BCUT2D eigenvalue weighted by Gasteiger charge is 2.36. The molecule has 154 valence electrons. The summed E-state index contributed by atoms with van der Waals surface area (Å²) in [6.07, 6.45) is 2.66. The Labute approximate surface area is 169 Å². The Bertz CT molecular complexity index is 1210. The van der Waals surface area contributed by atoms with Crippen LogP contribution in [0.3, 0.4) is 0 Å². The van der Waals surface area contributed by atoms with Crippen molar-refractivity contribution in [1.29, 1.82) is 0 Å². The number of nitrogen functional groups attached to an aromatic ring is 1. The van der Waals surface area contributed by atoms with Crippen LogP contribution in [0.1, 0.15) is 18.9 Å². The van der Waals surface area contributed by atoms with E-state index in [1.807, 2.05) is 4.90 Å². The molecule has 10 heteroatoms. The van der Waals surface area contributed by atoms with Gasteiger partial charge in [-0.05, 0) is 31.1 Å². The molecule has 0 amide bonds. The molecule has 2 aromatic rings. The fourth-order valence-electron chi connectivity index (χ4n) is 3.77. The van der Waals surface area contributed by atoms with Gasteiger partial charge in [-0.1, -0.05) is 0 Å². The molecule has 0 saturated heterocycles. The Hall–Kier alpha value is -3.82. The van der Waals surface area contributed by atoms with Gasteiger partial charge >= 0.3 is 5.97 Å². The smallest absolute Gasteiger partial charge is 0.344 e. The lowest BCUT2D eigenvalue weighted by Crippen LogP contribution is -2.32. The number of benzene rings is 1. The summed E-state index contributed by atoms with van der Waals surface area (Å²) in [5.41, 5.74) is 8.86. The lowest BCUT2D eigenvalue weighted by atomic mass is 10.0. The molecule has 5 rings (SSSR count). The topological polar surface area (TPSA) is 123 Å². The number of aromatic nitrogens is 1. The van der Waals surface area contributed by atoms with Crippen LogP contribution < -0.4 is 5.73 Å². The first kappa shape index (κ1) is 18.2. The molecule has 1 aromatic heterocycles. The standard InChI is InChI=1S/C20H17FN4O5/c1-9(19(26)27)29-15-8-28-7-10-2-3-25-16(10)12(15)6-23-18(25)11-4-13(21)17-14(5-11)24-20(22)30-17/h4-6,8-9H,2-3,7H2,1H3,(H2,22,24)(H,26,27). The van der Waals surface area contributed by atoms with E-state index in [-0.39, 0.29) is 17.4 Å². The number of oxazole rings is 1. The monoisotopic (exact) mass is 412 g/mol. The van der Waals surface area contributed by atoms with Crippen molar-refractivity contribution >= 4 is 28.9 Å². The molecule has 1 unspecified atom stereocenters. The first-order chi connectivity index (χ1) is 14.4. The van der Waals surface area contributed by atoms with Gasteiger partial charge in [-0.15, -0.1) is 0 Å². The van der Waals surface area contributed by atoms with Gasteiger partial charge in [-0.3, -0.25) is 0 Å². The van der Waals surface area contributed by atoms with Crippen LogP contribution in [0.5, 0.6) is 0 Å². The van der Waals surface area contributed by atoms with Crippen LogP contribution in [0.2, 0.25) is 0 Å². The number of carbonyl (C=O) groups is 1. The second-order valence-corrected chi connectivity index (χ2v) is 7.10. The number of hydrogen-bond acceptors (Lipinski definition) is 8. The molecule has 0 fully saturated rings. The molecule has 3 aliphatic heterocycles. The molecule has 3 aliphatic rings. The first-order valence-electron chi connectivity index (χ1n) is 9.28. The molecule has 3 N–H and O–H groups in total. The van der Waals surface area contributed by atoms with E-state index >= 15 is 0 Å². The van der Waals surface area contributed by atoms with Gasteiger partial charge in [-0.2, -0.15) is 4.98 Å². The Morgan fingerprint density at radius 1 is 1.43 bits per heavy atom. The molecular formula is C20H17FN4O5. The maximum atomic E-state index is 14.5. The Morgan fingerprint density at radius 3 is 3.07 bits per heavy atom. The van der Waals surface area contributed by atoms with Crippen molar-refractivity contribution in [2.75, 3.05) is 18.9 Å². The quantitative estimate of drug-likeness (QED) is 0.785. The summed E-state index contributed by atoms with van der Waals surface area (Å²) in [4.78, 5) is 21.7.